The predicted molar refractivity (Wildman–Crippen MR) is 57.5 cm³/mol. The van der Waals surface area contributed by atoms with E-state index in [0.717, 1.165) is 11.8 Å². The van der Waals surface area contributed by atoms with Crippen molar-refractivity contribution < 1.29 is 14.7 Å². The highest BCUT2D eigenvalue weighted by molar-refractivity contribution is 7.99. The number of amides is 1. The van der Waals surface area contributed by atoms with Crippen LogP contribution in [0.4, 0.5) is 0 Å². The Kier molecular flexibility index (Phi) is 3.57. The van der Waals surface area contributed by atoms with Gasteiger partial charge in [0.1, 0.15) is 0 Å². The highest BCUT2D eigenvalue weighted by Crippen LogP contribution is 2.22. The largest absolute Gasteiger partial charge is 0.481 e. The Morgan fingerprint density at radius 1 is 1.65 bits per heavy atom. The second-order valence-corrected chi connectivity index (χ2v) is 4.53. The first kappa shape index (κ1) is 11.8. The van der Waals surface area contributed by atoms with Crippen LogP contribution in [0.25, 0.3) is 0 Å². The van der Waals surface area contributed by atoms with Crippen molar-refractivity contribution in [3.05, 3.63) is 0 Å². The van der Waals surface area contributed by atoms with Crippen molar-refractivity contribution in [1.29, 1.82) is 0 Å². The summed E-state index contributed by atoms with van der Waals surface area (Å²) in [6.07, 6.45) is 1.10. The summed E-state index contributed by atoms with van der Waals surface area (Å²) in [5.41, 5.74) is 0. The summed E-state index contributed by atoms with van der Waals surface area (Å²) in [7, 11) is 0. The highest BCUT2D eigenvalue weighted by atomic mass is 32.2. The summed E-state index contributed by atoms with van der Waals surface area (Å²) < 4.78 is 1.58. The van der Waals surface area contributed by atoms with Crippen molar-refractivity contribution in [3.8, 4) is 0 Å². The molecular formula is C8H11N5O3S. The lowest BCUT2D eigenvalue weighted by atomic mass is 10.1. The molecule has 1 atom stereocenters. The van der Waals surface area contributed by atoms with Crippen LogP contribution in [0.1, 0.15) is 18.9 Å². The van der Waals surface area contributed by atoms with Crippen LogP contribution in [-0.2, 0) is 9.59 Å². The molecule has 8 nitrogen and oxygen atoms in total. The third-order valence-corrected chi connectivity index (χ3v) is 3.29. The molecule has 2 N–H and O–H groups in total. The zero-order chi connectivity index (χ0) is 12.3. The predicted octanol–water partition coefficient (Wildman–Crippen LogP) is -0.699. The Bertz CT molecular complexity index is 425. The monoisotopic (exact) mass is 257 g/mol. The number of thioether (sulfide) groups is 1. The van der Waals surface area contributed by atoms with Crippen LogP contribution in [0.15, 0.2) is 5.16 Å². The Hall–Kier alpha value is -1.64. The molecule has 0 saturated carbocycles. The average Bonchev–Trinajstić information content (AvgIpc) is 2.75. The van der Waals surface area contributed by atoms with Gasteiger partial charge in [-0.3, -0.25) is 9.59 Å². The van der Waals surface area contributed by atoms with E-state index in [0.29, 0.717) is 24.5 Å². The molecule has 1 aromatic heterocycles. The van der Waals surface area contributed by atoms with Crippen molar-refractivity contribution in [3.63, 3.8) is 0 Å². The number of piperidine rings is 1. The number of nitrogens with one attached hydrogen (secondary N) is 1. The normalized spacial score (nSPS) is 20.0. The molecule has 9 heteroatoms. The van der Waals surface area contributed by atoms with Gasteiger partial charge in [-0.05, 0) is 16.8 Å². The lowest BCUT2D eigenvalue weighted by Gasteiger charge is -2.22. The first-order valence-corrected chi connectivity index (χ1v) is 6.04. The van der Waals surface area contributed by atoms with Gasteiger partial charge >= 0.3 is 5.97 Å². The SMILES string of the molecule is O=C(O)CSc1nnnn1C1CCC(=O)NC1. The van der Waals surface area contributed by atoms with Crippen LogP contribution < -0.4 is 5.32 Å². The topological polar surface area (TPSA) is 110 Å². The van der Waals surface area contributed by atoms with E-state index < -0.39 is 5.97 Å². The Morgan fingerprint density at radius 3 is 3.12 bits per heavy atom. The van der Waals surface area contributed by atoms with Gasteiger partial charge in [-0.15, -0.1) is 5.10 Å². The summed E-state index contributed by atoms with van der Waals surface area (Å²) in [6, 6.07) is -0.000931. The van der Waals surface area contributed by atoms with Gasteiger partial charge in [-0.1, -0.05) is 11.8 Å². The van der Waals surface area contributed by atoms with Crippen molar-refractivity contribution >= 4 is 23.6 Å². The fourth-order valence-corrected chi connectivity index (χ4v) is 2.23. The molecular weight excluding hydrogens is 246 g/mol. The quantitative estimate of drug-likeness (QED) is 0.686. The lowest BCUT2D eigenvalue weighted by molar-refractivity contribution is -0.134. The van der Waals surface area contributed by atoms with E-state index in [2.05, 4.69) is 20.8 Å². The van der Waals surface area contributed by atoms with Crippen molar-refractivity contribution in [1.82, 2.24) is 25.5 Å². The van der Waals surface area contributed by atoms with Crippen molar-refractivity contribution in [2.75, 3.05) is 12.3 Å². The van der Waals surface area contributed by atoms with E-state index in [1.165, 1.54) is 0 Å². The first-order valence-electron chi connectivity index (χ1n) is 5.06. The third-order valence-electron chi connectivity index (χ3n) is 2.37. The zero-order valence-corrected chi connectivity index (χ0v) is 9.68. The molecule has 1 aliphatic rings. The minimum Gasteiger partial charge on any atom is -0.481 e. The molecule has 0 bridgehead atoms. The van der Waals surface area contributed by atoms with Gasteiger partial charge in [-0.25, -0.2) is 4.68 Å². The van der Waals surface area contributed by atoms with Gasteiger partial charge in [0.05, 0.1) is 11.8 Å². The van der Waals surface area contributed by atoms with Gasteiger partial charge in [0.15, 0.2) is 0 Å². The van der Waals surface area contributed by atoms with Crippen LogP contribution in [0.3, 0.4) is 0 Å². The van der Waals surface area contributed by atoms with E-state index in [4.69, 9.17) is 5.11 Å². The molecule has 92 valence electrons. The minimum absolute atomic E-state index is 0.000931. The number of nitrogens with zero attached hydrogens (tertiary/aromatic N) is 4. The fourth-order valence-electron chi connectivity index (χ4n) is 1.56. The molecule has 2 heterocycles. The minimum atomic E-state index is -0.915. The molecule has 1 unspecified atom stereocenters. The summed E-state index contributed by atoms with van der Waals surface area (Å²) in [5, 5.41) is 22.9. The number of tetrazole rings is 1. The molecule has 1 saturated heterocycles. The number of carbonyl (C=O) groups is 2. The lowest BCUT2D eigenvalue weighted by Crippen LogP contribution is -2.36. The number of carbonyl (C=O) groups excluding carboxylic acids is 1. The summed E-state index contributed by atoms with van der Waals surface area (Å²) in [4.78, 5) is 21.5. The highest BCUT2D eigenvalue weighted by Gasteiger charge is 2.23. The van der Waals surface area contributed by atoms with Crippen molar-refractivity contribution in [2.45, 2.75) is 24.0 Å². The van der Waals surface area contributed by atoms with E-state index in [1.807, 2.05) is 0 Å². The Balaban J connectivity index is 2.02. The number of rotatable bonds is 4. The van der Waals surface area contributed by atoms with Crippen LogP contribution in [0.2, 0.25) is 0 Å². The molecule has 17 heavy (non-hydrogen) atoms. The maximum atomic E-state index is 11.0. The third kappa shape index (κ3) is 2.93. The van der Waals surface area contributed by atoms with Gasteiger partial charge in [0, 0.05) is 13.0 Å². The maximum Gasteiger partial charge on any atom is 0.313 e. The smallest absolute Gasteiger partial charge is 0.313 e. The van der Waals surface area contributed by atoms with Crippen LogP contribution in [-0.4, -0.2) is 49.5 Å². The number of aromatic nitrogens is 4. The maximum absolute atomic E-state index is 11.0. The number of hydrogen-bond acceptors (Lipinski definition) is 6. The van der Waals surface area contributed by atoms with Crippen LogP contribution >= 0.6 is 11.8 Å². The van der Waals surface area contributed by atoms with Gasteiger partial charge in [0.25, 0.3) is 0 Å². The van der Waals surface area contributed by atoms with Gasteiger partial charge < -0.3 is 10.4 Å². The standard InChI is InChI=1S/C8H11N5O3S/c14-6-2-1-5(3-9-6)13-8(10-11-12-13)17-4-7(15)16/h5H,1-4H2,(H,9,14)(H,15,16). The molecule has 1 aliphatic heterocycles. The molecule has 2 rings (SSSR count). The van der Waals surface area contributed by atoms with Gasteiger partial charge in [0.2, 0.25) is 11.1 Å². The van der Waals surface area contributed by atoms with E-state index in [9.17, 15) is 9.59 Å². The Morgan fingerprint density at radius 2 is 2.47 bits per heavy atom. The number of carboxylic acids is 1. The fraction of sp³-hybridized carbons (Fsp3) is 0.625. The average molecular weight is 257 g/mol. The van der Waals surface area contributed by atoms with E-state index in [1.54, 1.807) is 4.68 Å². The van der Waals surface area contributed by atoms with E-state index >= 15 is 0 Å². The molecule has 1 amide bonds. The number of aliphatic carboxylic acids is 1. The Labute approximate surface area is 101 Å². The summed E-state index contributed by atoms with van der Waals surface area (Å²) in [6.45, 7) is 0.477. The first-order chi connectivity index (χ1) is 8.16. The van der Waals surface area contributed by atoms with Crippen LogP contribution in [0.5, 0.6) is 0 Å². The number of carboxylic acid groups (broad SMARTS) is 1. The van der Waals surface area contributed by atoms with E-state index in [-0.39, 0.29) is 17.7 Å². The second kappa shape index (κ2) is 5.13. The zero-order valence-electron chi connectivity index (χ0n) is 8.87. The van der Waals surface area contributed by atoms with Crippen molar-refractivity contribution in [2.24, 2.45) is 0 Å². The summed E-state index contributed by atoms with van der Waals surface area (Å²) >= 11 is 1.07. The molecule has 1 aromatic rings. The molecule has 0 radical (unpaired) electrons. The van der Waals surface area contributed by atoms with Crippen LogP contribution in [0, 0.1) is 0 Å². The summed E-state index contributed by atoms with van der Waals surface area (Å²) in [5.74, 6) is -0.977. The number of hydrogen-bond donors (Lipinski definition) is 2. The molecule has 1 fully saturated rings. The molecule has 0 aromatic carbocycles. The molecule has 0 spiro atoms. The molecule has 0 aliphatic carbocycles. The second-order valence-electron chi connectivity index (χ2n) is 3.59. The van der Waals surface area contributed by atoms with Gasteiger partial charge in [-0.2, -0.15) is 0 Å².